The van der Waals surface area contributed by atoms with Crippen LogP contribution in [0.1, 0.15) is 44.0 Å². The summed E-state index contributed by atoms with van der Waals surface area (Å²) < 4.78 is 0. The fourth-order valence-electron chi connectivity index (χ4n) is 3.77. The molecule has 2 heterocycles. The van der Waals surface area contributed by atoms with Gasteiger partial charge in [0.1, 0.15) is 5.82 Å². The van der Waals surface area contributed by atoms with Gasteiger partial charge in [0.2, 0.25) is 0 Å². The van der Waals surface area contributed by atoms with Gasteiger partial charge in [-0.15, -0.1) is 10.2 Å². The van der Waals surface area contributed by atoms with Crippen molar-refractivity contribution in [1.82, 2.24) is 25.6 Å². The summed E-state index contributed by atoms with van der Waals surface area (Å²) in [5.74, 6) is 1.53. The number of H-pyrrole nitrogens is 1. The van der Waals surface area contributed by atoms with Crippen molar-refractivity contribution in [3.05, 3.63) is 66.0 Å². The number of aryl methyl sites for hydroxylation is 1. The molecule has 2 aromatic heterocycles. The van der Waals surface area contributed by atoms with E-state index in [0.29, 0.717) is 12.4 Å². The number of aromatic nitrogens is 5. The predicted octanol–water partition coefficient (Wildman–Crippen LogP) is 5.17. The smallest absolute Gasteiger partial charge is 0.193 e. The predicted molar refractivity (Wildman–Crippen MR) is 121 cm³/mol. The maximum atomic E-state index is 4.93. The van der Waals surface area contributed by atoms with Crippen LogP contribution in [0.15, 0.2) is 54.6 Å². The van der Waals surface area contributed by atoms with E-state index in [1.807, 2.05) is 7.05 Å². The maximum absolute atomic E-state index is 4.93. The Morgan fingerprint density at radius 2 is 1.83 bits per heavy atom. The highest BCUT2D eigenvalue weighted by Gasteiger charge is 2.13. The number of aromatic amines is 1. The SMILES string of the molecule is CCCCCCc1ccc2nc(N(C)Cc3nn[nH]n3)cc(-c3ccccc3)c2c1. The Balaban J connectivity index is 1.71. The van der Waals surface area contributed by atoms with Crippen molar-refractivity contribution in [2.75, 3.05) is 11.9 Å². The van der Waals surface area contributed by atoms with Gasteiger partial charge in [-0.25, -0.2) is 4.98 Å². The molecule has 0 fully saturated rings. The van der Waals surface area contributed by atoms with Crippen molar-refractivity contribution in [2.45, 2.75) is 45.6 Å². The van der Waals surface area contributed by atoms with Crippen LogP contribution in [-0.2, 0) is 13.0 Å². The molecular weight excluding hydrogens is 372 g/mol. The summed E-state index contributed by atoms with van der Waals surface area (Å²) in [5.41, 5.74) is 4.78. The van der Waals surface area contributed by atoms with E-state index in [-0.39, 0.29) is 0 Å². The summed E-state index contributed by atoms with van der Waals surface area (Å²) in [6, 6.07) is 19.4. The molecule has 4 rings (SSSR count). The van der Waals surface area contributed by atoms with Crippen molar-refractivity contribution in [1.29, 1.82) is 0 Å². The van der Waals surface area contributed by atoms with E-state index in [9.17, 15) is 0 Å². The zero-order chi connectivity index (χ0) is 20.8. The third-order valence-corrected chi connectivity index (χ3v) is 5.42. The third kappa shape index (κ3) is 4.64. The van der Waals surface area contributed by atoms with E-state index in [4.69, 9.17) is 4.98 Å². The van der Waals surface area contributed by atoms with Gasteiger partial charge in [0.15, 0.2) is 5.82 Å². The Morgan fingerprint density at radius 1 is 0.967 bits per heavy atom. The van der Waals surface area contributed by atoms with E-state index in [0.717, 1.165) is 17.8 Å². The first-order valence-corrected chi connectivity index (χ1v) is 10.7. The van der Waals surface area contributed by atoms with E-state index in [1.165, 1.54) is 47.8 Å². The first-order chi connectivity index (χ1) is 14.7. The number of hydrogen-bond acceptors (Lipinski definition) is 5. The molecule has 154 valence electrons. The fraction of sp³-hybridized carbons (Fsp3) is 0.333. The van der Waals surface area contributed by atoms with E-state index < -0.39 is 0 Å². The lowest BCUT2D eigenvalue weighted by Gasteiger charge is -2.19. The highest BCUT2D eigenvalue weighted by Crippen LogP contribution is 2.32. The average molecular weight is 401 g/mol. The number of anilines is 1. The summed E-state index contributed by atoms with van der Waals surface area (Å²) in [5, 5.41) is 15.5. The fourth-order valence-corrected chi connectivity index (χ4v) is 3.77. The van der Waals surface area contributed by atoms with Crippen LogP contribution in [0.2, 0.25) is 0 Å². The van der Waals surface area contributed by atoms with Crippen LogP contribution in [0.5, 0.6) is 0 Å². The van der Waals surface area contributed by atoms with Crippen molar-refractivity contribution in [3.8, 4) is 11.1 Å². The number of benzene rings is 2. The highest BCUT2D eigenvalue weighted by atomic mass is 15.5. The van der Waals surface area contributed by atoms with E-state index >= 15 is 0 Å². The summed E-state index contributed by atoms with van der Waals surface area (Å²) in [7, 11) is 2.00. The van der Waals surface area contributed by atoms with Gasteiger partial charge in [-0.3, -0.25) is 0 Å². The molecule has 6 heteroatoms. The van der Waals surface area contributed by atoms with Gasteiger partial charge in [-0.05, 0) is 47.7 Å². The number of pyridine rings is 1. The molecule has 30 heavy (non-hydrogen) atoms. The first-order valence-electron chi connectivity index (χ1n) is 10.7. The lowest BCUT2D eigenvalue weighted by atomic mass is 9.97. The van der Waals surface area contributed by atoms with Crippen LogP contribution in [0.25, 0.3) is 22.0 Å². The topological polar surface area (TPSA) is 70.6 Å². The first kappa shape index (κ1) is 20.0. The molecule has 0 amide bonds. The number of unbranched alkanes of at least 4 members (excludes halogenated alkanes) is 3. The lowest BCUT2D eigenvalue weighted by Crippen LogP contribution is -2.18. The minimum atomic E-state index is 0.540. The summed E-state index contributed by atoms with van der Waals surface area (Å²) in [6.45, 7) is 2.79. The molecule has 0 atom stereocenters. The third-order valence-electron chi connectivity index (χ3n) is 5.42. The van der Waals surface area contributed by atoms with Gasteiger partial charge >= 0.3 is 0 Å². The number of hydrogen-bond donors (Lipinski definition) is 1. The van der Waals surface area contributed by atoms with Gasteiger partial charge in [0, 0.05) is 12.4 Å². The van der Waals surface area contributed by atoms with Crippen molar-refractivity contribution >= 4 is 16.7 Å². The summed E-state index contributed by atoms with van der Waals surface area (Å²) >= 11 is 0. The second-order valence-corrected chi connectivity index (χ2v) is 7.74. The second-order valence-electron chi connectivity index (χ2n) is 7.74. The molecular formula is C24H28N6. The average Bonchev–Trinajstić information content (AvgIpc) is 3.29. The molecule has 0 bridgehead atoms. The minimum absolute atomic E-state index is 0.540. The number of tetrazole rings is 1. The van der Waals surface area contributed by atoms with E-state index in [2.05, 4.69) is 87.0 Å². The largest absolute Gasteiger partial charge is 0.352 e. The minimum Gasteiger partial charge on any atom is -0.352 e. The zero-order valence-electron chi connectivity index (χ0n) is 17.7. The van der Waals surface area contributed by atoms with Crippen LogP contribution < -0.4 is 4.90 Å². The summed E-state index contributed by atoms with van der Waals surface area (Å²) in [4.78, 5) is 6.98. The van der Waals surface area contributed by atoms with Crippen molar-refractivity contribution < 1.29 is 0 Å². The van der Waals surface area contributed by atoms with Crippen molar-refractivity contribution in [3.63, 3.8) is 0 Å². The molecule has 0 aliphatic heterocycles. The Kier molecular flexibility index (Phi) is 6.32. The Labute approximate surface area is 177 Å². The van der Waals surface area contributed by atoms with Gasteiger partial charge in [-0.1, -0.05) is 67.8 Å². The Hall–Kier alpha value is -3.28. The Morgan fingerprint density at radius 3 is 2.60 bits per heavy atom. The quantitative estimate of drug-likeness (QED) is 0.392. The maximum Gasteiger partial charge on any atom is 0.193 e. The van der Waals surface area contributed by atoms with Gasteiger partial charge in [0.05, 0.1) is 12.1 Å². The number of rotatable bonds is 9. The van der Waals surface area contributed by atoms with Gasteiger partial charge in [-0.2, -0.15) is 5.21 Å². The molecule has 1 N–H and O–H groups in total. The highest BCUT2D eigenvalue weighted by molar-refractivity contribution is 5.96. The number of nitrogens with one attached hydrogen (secondary N) is 1. The second kappa shape index (κ2) is 9.48. The molecule has 0 radical (unpaired) electrons. The molecule has 0 saturated heterocycles. The van der Waals surface area contributed by atoms with Crippen LogP contribution in [0, 0.1) is 0 Å². The molecule has 0 saturated carbocycles. The number of fused-ring (bicyclic) bond motifs is 1. The van der Waals surface area contributed by atoms with E-state index in [1.54, 1.807) is 0 Å². The van der Waals surface area contributed by atoms with Crippen LogP contribution in [-0.4, -0.2) is 32.7 Å². The van der Waals surface area contributed by atoms with Crippen LogP contribution in [0.4, 0.5) is 5.82 Å². The normalized spacial score (nSPS) is 11.1. The molecule has 6 nitrogen and oxygen atoms in total. The Bertz CT molecular complexity index is 1080. The molecule has 0 unspecified atom stereocenters. The molecule has 2 aromatic carbocycles. The summed E-state index contributed by atoms with van der Waals surface area (Å²) in [6.07, 6.45) is 6.21. The molecule has 0 spiro atoms. The standard InChI is InChI=1S/C24H28N6/c1-3-4-5-7-10-18-13-14-22-21(15-18)20(19-11-8-6-9-12-19)16-24(25-22)30(2)17-23-26-28-29-27-23/h6,8-9,11-16H,3-5,7,10,17H2,1-2H3,(H,26,27,28,29). The monoisotopic (exact) mass is 400 g/mol. The number of nitrogens with zero attached hydrogens (tertiary/aromatic N) is 5. The molecule has 0 aliphatic rings. The van der Waals surface area contributed by atoms with Crippen LogP contribution in [0.3, 0.4) is 0 Å². The van der Waals surface area contributed by atoms with Gasteiger partial charge in [0.25, 0.3) is 0 Å². The molecule has 0 aliphatic carbocycles. The lowest BCUT2D eigenvalue weighted by molar-refractivity contribution is 0.667. The molecule has 4 aromatic rings. The zero-order valence-corrected chi connectivity index (χ0v) is 17.7. The van der Waals surface area contributed by atoms with Crippen LogP contribution >= 0.6 is 0 Å². The van der Waals surface area contributed by atoms with Crippen molar-refractivity contribution in [2.24, 2.45) is 0 Å². The van der Waals surface area contributed by atoms with Gasteiger partial charge < -0.3 is 4.90 Å².